The van der Waals surface area contributed by atoms with Crippen molar-refractivity contribution in [1.29, 1.82) is 0 Å². The lowest BCUT2D eigenvalue weighted by Gasteiger charge is -2.29. The van der Waals surface area contributed by atoms with E-state index in [1.54, 1.807) is 7.05 Å². The minimum atomic E-state index is -3.48. The predicted molar refractivity (Wildman–Crippen MR) is 90.6 cm³/mol. The molecule has 0 aromatic heterocycles. The zero-order chi connectivity index (χ0) is 15.7. The first-order valence-electron chi connectivity index (χ1n) is 6.75. The first-order chi connectivity index (χ1) is 9.01. The molecule has 2 N–H and O–H groups in total. The maximum atomic E-state index is 12.8. The largest absolute Gasteiger partial charge is 0.330 e. The number of benzene rings is 1. The summed E-state index contributed by atoms with van der Waals surface area (Å²) in [6.07, 6.45) is 0. The molecule has 4 nitrogen and oxygen atoms in total. The third-order valence-corrected chi connectivity index (χ3v) is 5.59. The molecule has 0 amide bonds. The van der Waals surface area contributed by atoms with Crippen molar-refractivity contribution in [3.8, 4) is 0 Å². The Bertz CT molecular complexity index is 575. The van der Waals surface area contributed by atoms with Gasteiger partial charge in [0.05, 0.1) is 4.90 Å². The maximum Gasteiger partial charge on any atom is 0.243 e. The molecule has 0 saturated heterocycles. The molecule has 0 fully saturated rings. The molecule has 0 spiro atoms. The molecule has 6 heteroatoms. The van der Waals surface area contributed by atoms with Crippen molar-refractivity contribution in [2.45, 2.75) is 39.5 Å². The molecule has 0 saturated carbocycles. The number of halogens is 1. The second-order valence-electron chi connectivity index (χ2n) is 6.36. The second-order valence-corrected chi connectivity index (χ2v) is 8.34. The molecule has 0 aliphatic carbocycles. The van der Waals surface area contributed by atoms with Crippen LogP contribution in [0.1, 0.15) is 30.5 Å². The summed E-state index contributed by atoms with van der Waals surface area (Å²) < 4.78 is 26.9. The SMILES string of the molecule is Cc1cc(C)c(S(=O)(=O)N(C)CC(C)(C)CN)c(C)c1.Cl. The molecule has 0 bridgehead atoms. The third-order valence-electron chi connectivity index (χ3n) is 3.48. The van der Waals surface area contributed by atoms with E-state index < -0.39 is 10.0 Å². The van der Waals surface area contributed by atoms with Crippen molar-refractivity contribution in [1.82, 2.24) is 4.31 Å². The van der Waals surface area contributed by atoms with Crippen LogP contribution in [0.4, 0.5) is 0 Å². The average Bonchev–Trinajstić information content (AvgIpc) is 2.26. The van der Waals surface area contributed by atoms with E-state index in [-0.39, 0.29) is 17.8 Å². The molecule has 122 valence electrons. The quantitative estimate of drug-likeness (QED) is 0.900. The molecule has 1 rings (SSSR count). The molecule has 0 unspecified atom stereocenters. The highest BCUT2D eigenvalue weighted by Crippen LogP contribution is 2.26. The van der Waals surface area contributed by atoms with E-state index in [2.05, 4.69) is 0 Å². The summed E-state index contributed by atoms with van der Waals surface area (Å²) in [4.78, 5) is 0.415. The molecule has 0 aliphatic rings. The average molecular weight is 335 g/mol. The molecule has 0 heterocycles. The minimum Gasteiger partial charge on any atom is -0.330 e. The van der Waals surface area contributed by atoms with E-state index in [4.69, 9.17) is 5.73 Å². The van der Waals surface area contributed by atoms with Crippen molar-refractivity contribution >= 4 is 22.4 Å². The minimum absolute atomic E-state index is 0. The van der Waals surface area contributed by atoms with Crippen LogP contribution in [0.2, 0.25) is 0 Å². The van der Waals surface area contributed by atoms with Crippen LogP contribution < -0.4 is 5.73 Å². The van der Waals surface area contributed by atoms with E-state index >= 15 is 0 Å². The summed E-state index contributed by atoms with van der Waals surface area (Å²) in [6, 6.07) is 3.81. The first kappa shape index (κ1) is 20.4. The van der Waals surface area contributed by atoms with E-state index in [9.17, 15) is 8.42 Å². The Hall–Kier alpha value is -0.620. The molecule has 1 aromatic rings. The molecule has 1 aromatic carbocycles. The lowest BCUT2D eigenvalue weighted by atomic mass is 9.94. The molecule has 0 aliphatic heterocycles. The van der Waals surface area contributed by atoms with Crippen molar-refractivity contribution in [3.05, 3.63) is 28.8 Å². The summed E-state index contributed by atoms with van der Waals surface area (Å²) >= 11 is 0. The lowest BCUT2D eigenvalue weighted by Crippen LogP contribution is -2.40. The molecule has 0 radical (unpaired) electrons. The third kappa shape index (κ3) is 4.68. The topological polar surface area (TPSA) is 63.4 Å². The van der Waals surface area contributed by atoms with Crippen molar-refractivity contribution in [2.24, 2.45) is 11.1 Å². The highest BCUT2D eigenvalue weighted by atomic mass is 35.5. The fraction of sp³-hybridized carbons (Fsp3) is 0.600. The van der Waals surface area contributed by atoms with Gasteiger partial charge in [0, 0.05) is 13.6 Å². The molecule has 21 heavy (non-hydrogen) atoms. The first-order valence-corrected chi connectivity index (χ1v) is 8.19. The van der Waals surface area contributed by atoms with Gasteiger partial charge < -0.3 is 5.73 Å². The number of hydrogen-bond acceptors (Lipinski definition) is 3. The highest BCUT2D eigenvalue weighted by Gasteiger charge is 2.29. The van der Waals surface area contributed by atoms with Gasteiger partial charge in [0.2, 0.25) is 10.0 Å². The molecular weight excluding hydrogens is 308 g/mol. The van der Waals surface area contributed by atoms with Crippen molar-refractivity contribution in [2.75, 3.05) is 20.1 Å². The molecule has 0 atom stereocenters. The van der Waals surface area contributed by atoms with Gasteiger partial charge in [0.25, 0.3) is 0 Å². The van der Waals surface area contributed by atoms with Gasteiger partial charge in [0.1, 0.15) is 0 Å². The van der Waals surface area contributed by atoms with Gasteiger partial charge in [-0.3, -0.25) is 0 Å². The lowest BCUT2D eigenvalue weighted by molar-refractivity contribution is 0.291. The normalized spacial score (nSPS) is 12.4. The van der Waals surface area contributed by atoms with E-state index in [1.165, 1.54) is 4.31 Å². The van der Waals surface area contributed by atoms with Gasteiger partial charge >= 0.3 is 0 Å². The zero-order valence-electron chi connectivity index (χ0n) is 13.7. The van der Waals surface area contributed by atoms with Crippen LogP contribution in [-0.2, 0) is 10.0 Å². The van der Waals surface area contributed by atoms with Crippen LogP contribution in [0, 0.1) is 26.2 Å². The number of rotatable bonds is 5. The summed E-state index contributed by atoms with van der Waals surface area (Å²) in [5, 5.41) is 0. The Morgan fingerprint density at radius 3 is 1.95 bits per heavy atom. The highest BCUT2D eigenvalue weighted by molar-refractivity contribution is 7.89. The Balaban J connectivity index is 0.00000400. The van der Waals surface area contributed by atoms with Crippen molar-refractivity contribution < 1.29 is 8.42 Å². The van der Waals surface area contributed by atoms with Gasteiger partial charge in [-0.1, -0.05) is 31.5 Å². The van der Waals surface area contributed by atoms with Gasteiger partial charge in [-0.05, 0) is 43.9 Å². The Kier molecular flexibility index (Phi) is 6.88. The number of nitrogens with two attached hydrogens (primary N) is 1. The zero-order valence-corrected chi connectivity index (χ0v) is 15.4. The Labute approximate surface area is 135 Å². The summed E-state index contributed by atoms with van der Waals surface area (Å²) in [6.45, 7) is 10.4. The number of sulfonamides is 1. The number of aryl methyl sites for hydroxylation is 3. The van der Waals surface area contributed by atoms with Crippen LogP contribution in [0.3, 0.4) is 0 Å². The smallest absolute Gasteiger partial charge is 0.243 e. The van der Waals surface area contributed by atoms with E-state index in [0.717, 1.165) is 16.7 Å². The van der Waals surface area contributed by atoms with Crippen LogP contribution >= 0.6 is 12.4 Å². The maximum absolute atomic E-state index is 12.8. The summed E-state index contributed by atoms with van der Waals surface area (Å²) in [7, 11) is -1.87. The Morgan fingerprint density at radius 1 is 1.14 bits per heavy atom. The standard InChI is InChI=1S/C15H26N2O2S.ClH/c1-11-7-12(2)14(13(3)8-11)20(18,19)17(6)10-15(4,5)9-16;/h7-8H,9-10,16H2,1-6H3;1H. The monoisotopic (exact) mass is 334 g/mol. The van der Waals surface area contributed by atoms with Crippen LogP contribution in [0.15, 0.2) is 17.0 Å². The van der Waals surface area contributed by atoms with Crippen LogP contribution in [0.25, 0.3) is 0 Å². The number of hydrogen-bond donors (Lipinski definition) is 1. The van der Waals surface area contributed by atoms with Gasteiger partial charge in [-0.15, -0.1) is 12.4 Å². The van der Waals surface area contributed by atoms with Gasteiger partial charge in [-0.25, -0.2) is 12.7 Å². The Morgan fingerprint density at radius 2 is 1.57 bits per heavy atom. The van der Waals surface area contributed by atoms with E-state index in [0.29, 0.717) is 18.0 Å². The predicted octanol–water partition coefficient (Wildman–Crippen LogP) is 2.64. The fourth-order valence-electron chi connectivity index (χ4n) is 2.48. The van der Waals surface area contributed by atoms with E-state index in [1.807, 2.05) is 46.8 Å². The second kappa shape index (κ2) is 7.09. The fourth-order valence-corrected chi connectivity index (χ4v) is 4.24. The molecular formula is C15H27ClN2O2S. The van der Waals surface area contributed by atoms with Gasteiger partial charge in [-0.2, -0.15) is 0 Å². The van der Waals surface area contributed by atoms with Crippen molar-refractivity contribution in [3.63, 3.8) is 0 Å². The summed E-state index contributed by atoms with van der Waals surface area (Å²) in [5.74, 6) is 0. The summed E-state index contributed by atoms with van der Waals surface area (Å²) in [5.41, 5.74) is 8.11. The van der Waals surface area contributed by atoms with Crippen LogP contribution in [0.5, 0.6) is 0 Å². The number of nitrogens with zero attached hydrogens (tertiary/aromatic N) is 1. The van der Waals surface area contributed by atoms with Gasteiger partial charge in [0.15, 0.2) is 0 Å². The van der Waals surface area contributed by atoms with Crippen LogP contribution in [-0.4, -0.2) is 32.9 Å².